The first-order chi connectivity index (χ1) is 8.31. The SMILES string of the molecule is CCCN(C(=O)Cc1ccn[nH]1)C1CCNC1. The molecule has 1 saturated heterocycles. The van der Waals surface area contributed by atoms with E-state index in [1.54, 1.807) is 6.20 Å². The van der Waals surface area contributed by atoms with Crippen molar-refractivity contribution in [1.29, 1.82) is 0 Å². The molecule has 1 aromatic rings. The fraction of sp³-hybridized carbons (Fsp3) is 0.667. The van der Waals surface area contributed by atoms with Crippen LogP contribution in [0, 0.1) is 0 Å². The average Bonchev–Trinajstić information content (AvgIpc) is 2.97. The molecule has 2 heterocycles. The molecule has 1 fully saturated rings. The van der Waals surface area contributed by atoms with Crippen LogP contribution in [0.4, 0.5) is 0 Å². The van der Waals surface area contributed by atoms with Crippen LogP contribution < -0.4 is 5.32 Å². The normalized spacial score (nSPS) is 19.5. The molecule has 1 amide bonds. The number of aromatic amines is 1. The second-order valence-corrected chi connectivity index (χ2v) is 4.49. The fourth-order valence-corrected chi connectivity index (χ4v) is 2.30. The second-order valence-electron chi connectivity index (χ2n) is 4.49. The maximum absolute atomic E-state index is 12.2. The van der Waals surface area contributed by atoms with Gasteiger partial charge in [-0.2, -0.15) is 5.10 Å². The molecule has 94 valence electrons. The first-order valence-electron chi connectivity index (χ1n) is 6.29. The van der Waals surface area contributed by atoms with Gasteiger partial charge >= 0.3 is 0 Å². The molecule has 1 atom stereocenters. The van der Waals surface area contributed by atoms with Crippen molar-refractivity contribution in [3.63, 3.8) is 0 Å². The number of H-pyrrole nitrogens is 1. The summed E-state index contributed by atoms with van der Waals surface area (Å²) in [7, 11) is 0. The molecule has 2 rings (SSSR count). The summed E-state index contributed by atoms with van der Waals surface area (Å²) in [5.41, 5.74) is 0.891. The lowest BCUT2D eigenvalue weighted by Crippen LogP contribution is -2.42. The van der Waals surface area contributed by atoms with E-state index in [2.05, 4.69) is 22.4 Å². The number of nitrogens with zero attached hydrogens (tertiary/aromatic N) is 2. The number of amides is 1. The lowest BCUT2D eigenvalue weighted by Gasteiger charge is -2.28. The van der Waals surface area contributed by atoms with Gasteiger partial charge < -0.3 is 10.2 Å². The Balaban J connectivity index is 1.97. The lowest BCUT2D eigenvalue weighted by atomic mass is 10.1. The molecule has 17 heavy (non-hydrogen) atoms. The Bertz CT molecular complexity index is 343. The molecule has 1 aliphatic rings. The molecule has 1 aliphatic heterocycles. The zero-order chi connectivity index (χ0) is 12.1. The van der Waals surface area contributed by atoms with Crippen LogP contribution in [0.5, 0.6) is 0 Å². The van der Waals surface area contributed by atoms with Crippen molar-refractivity contribution in [3.8, 4) is 0 Å². The number of nitrogens with one attached hydrogen (secondary N) is 2. The van der Waals surface area contributed by atoms with Crippen LogP contribution in [0.1, 0.15) is 25.5 Å². The minimum atomic E-state index is 0.199. The highest BCUT2D eigenvalue weighted by atomic mass is 16.2. The van der Waals surface area contributed by atoms with Crippen LogP contribution in [-0.2, 0) is 11.2 Å². The fourth-order valence-electron chi connectivity index (χ4n) is 2.30. The standard InChI is InChI=1S/C12H20N4O/c1-2-7-16(11-4-5-13-9-11)12(17)8-10-3-6-14-15-10/h3,6,11,13H,2,4-5,7-9H2,1H3,(H,14,15). The summed E-state index contributed by atoms with van der Waals surface area (Å²) in [6.45, 7) is 4.90. The number of hydrogen-bond donors (Lipinski definition) is 2. The zero-order valence-electron chi connectivity index (χ0n) is 10.3. The van der Waals surface area contributed by atoms with Gasteiger partial charge in [-0.25, -0.2) is 0 Å². The van der Waals surface area contributed by atoms with Crippen LogP contribution in [-0.4, -0.2) is 46.7 Å². The van der Waals surface area contributed by atoms with Gasteiger partial charge in [-0.3, -0.25) is 9.89 Å². The quantitative estimate of drug-likeness (QED) is 0.785. The van der Waals surface area contributed by atoms with Gasteiger partial charge in [0.25, 0.3) is 0 Å². The summed E-state index contributed by atoms with van der Waals surface area (Å²) < 4.78 is 0. The van der Waals surface area contributed by atoms with Crippen molar-refractivity contribution in [1.82, 2.24) is 20.4 Å². The molecular weight excluding hydrogens is 216 g/mol. The van der Waals surface area contributed by atoms with Gasteiger partial charge in [0, 0.05) is 31.0 Å². The predicted molar refractivity (Wildman–Crippen MR) is 65.6 cm³/mol. The Morgan fingerprint density at radius 2 is 2.53 bits per heavy atom. The Morgan fingerprint density at radius 1 is 1.65 bits per heavy atom. The number of aromatic nitrogens is 2. The molecule has 0 saturated carbocycles. The van der Waals surface area contributed by atoms with E-state index in [4.69, 9.17) is 0 Å². The Morgan fingerprint density at radius 3 is 3.12 bits per heavy atom. The van der Waals surface area contributed by atoms with Crippen molar-refractivity contribution in [2.24, 2.45) is 0 Å². The highest BCUT2D eigenvalue weighted by Crippen LogP contribution is 2.11. The highest BCUT2D eigenvalue weighted by Gasteiger charge is 2.25. The van der Waals surface area contributed by atoms with Crippen LogP contribution in [0.3, 0.4) is 0 Å². The molecule has 0 spiro atoms. The zero-order valence-corrected chi connectivity index (χ0v) is 10.3. The van der Waals surface area contributed by atoms with Crippen molar-refractivity contribution in [2.75, 3.05) is 19.6 Å². The maximum atomic E-state index is 12.2. The van der Waals surface area contributed by atoms with Gasteiger partial charge in [-0.15, -0.1) is 0 Å². The number of carbonyl (C=O) groups is 1. The third-order valence-corrected chi connectivity index (χ3v) is 3.16. The summed E-state index contributed by atoms with van der Waals surface area (Å²) in [5.74, 6) is 0.199. The summed E-state index contributed by atoms with van der Waals surface area (Å²) in [6.07, 6.45) is 4.18. The van der Waals surface area contributed by atoms with E-state index in [1.165, 1.54) is 0 Å². The summed E-state index contributed by atoms with van der Waals surface area (Å²) in [5, 5.41) is 10.0. The minimum absolute atomic E-state index is 0.199. The van der Waals surface area contributed by atoms with Gasteiger partial charge in [0.1, 0.15) is 0 Å². The third-order valence-electron chi connectivity index (χ3n) is 3.16. The number of carbonyl (C=O) groups excluding carboxylic acids is 1. The molecule has 0 aliphatic carbocycles. The largest absolute Gasteiger partial charge is 0.338 e. The first kappa shape index (κ1) is 12.1. The van der Waals surface area contributed by atoms with E-state index >= 15 is 0 Å². The van der Waals surface area contributed by atoms with Gasteiger partial charge in [0.15, 0.2) is 0 Å². The Hall–Kier alpha value is -1.36. The molecule has 0 bridgehead atoms. The molecule has 2 N–H and O–H groups in total. The molecular formula is C12H20N4O. The third kappa shape index (κ3) is 3.06. The van der Waals surface area contributed by atoms with Crippen LogP contribution >= 0.6 is 0 Å². The second kappa shape index (κ2) is 5.82. The van der Waals surface area contributed by atoms with E-state index in [0.717, 1.165) is 38.2 Å². The van der Waals surface area contributed by atoms with Crippen LogP contribution in [0.15, 0.2) is 12.3 Å². The summed E-state index contributed by atoms with van der Waals surface area (Å²) >= 11 is 0. The van der Waals surface area contributed by atoms with Crippen molar-refractivity contribution < 1.29 is 4.79 Å². The lowest BCUT2D eigenvalue weighted by molar-refractivity contribution is -0.132. The topological polar surface area (TPSA) is 61.0 Å². The molecule has 1 aromatic heterocycles. The maximum Gasteiger partial charge on any atom is 0.228 e. The van der Waals surface area contributed by atoms with Gasteiger partial charge in [0.05, 0.1) is 6.42 Å². The summed E-state index contributed by atoms with van der Waals surface area (Å²) in [4.78, 5) is 14.3. The monoisotopic (exact) mass is 236 g/mol. The van der Waals surface area contributed by atoms with Crippen molar-refractivity contribution >= 4 is 5.91 Å². The molecule has 5 heteroatoms. The number of hydrogen-bond acceptors (Lipinski definition) is 3. The van der Waals surface area contributed by atoms with Crippen LogP contribution in [0.2, 0.25) is 0 Å². The van der Waals surface area contributed by atoms with E-state index in [0.29, 0.717) is 12.5 Å². The highest BCUT2D eigenvalue weighted by molar-refractivity contribution is 5.78. The smallest absolute Gasteiger partial charge is 0.228 e. The van der Waals surface area contributed by atoms with Gasteiger partial charge in [0.2, 0.25) is 5.91 Å². The predicted octanol–water partition coefficient (Wildman–Crippen LogP) is 0.553. The Kier molecular flexibility index (Phi) is 4.14. The molecule has 0 radical (unpaired) electrons. The minimum Gasteiger partial charge on any atom is -0.338 e. The van der Waals surface area contributed by atoms with E-state index in [1.807, 2.05) is 11.0 Å². The van der Waals surface area contributed by atoms with Gasteiger partial charge in [-0.1, -0.05) is 6.92 Å². The van der Waals surface area contributed by atoms with Crippen LogP contribution in [0.25, 0.3) is 0 Å². The van der Waals surface area contributed by atoms with Crippen molar-refractivity contribution in [3.05, 3.63) is 18.0 Å². The molecule has 5 nitrogen and oxygen atoms in total. The van der Waals surface area contributed by atoms with E-state index in [9.17, 15) is 4.79 Å². The van der Waals surface area contributed by atoms with E-state index < -0.39 is 0 Å². The Labute approximate surface area is 102 Å². The van der Waals surface area contributed by atoms with E-state index in [-0.39, 0.29) is 5.91 Å². The first-order valence-corrected chi connectivity index (χ1v) is 6.29. The molecule has 0 aromatic carbocycles. The summed E-state index contributed by atoms with van der Waals surface area (Å²) in [6, 6.07) is 2.22. The number of rotatable bonds is 5. The van der Waals surface area contributed by atoms with Crippen molar-refractivity contribution in [2.45, 2.75) is 32.2 Å². The van der Waals surface area contributed by atoms with Gasteiger partial charge in [-0.05, 0) is 25.5 Å². The average molecular weight is 236 g/mol. The molecule has 1 unspecified atom stereocenters.